The second kappa shape index (κ2) is 6.63. The zero-order valence-electron chi connectivity index (χ0n) is 10.3. The van der Waals surface area contributed by atoms with Crippen LogP contribution in [0.5, 0.6) is 0 Å². The predicted molar refractivity (Wildman–Crippen MR) is 74.0 cm³/mol. The fourth-order valence-corrected chi connectivity index (χ4v) is 1.58. The number of amides is 2. The standard InChI is InChI=1S/C13H11ClN4O2/c14-11-10(5-3-7-16-11)18-13(20)12(19)17-8-9-4-1-2-6-15-9/h1-7H,8H2,(H,17,19)(H,18,20). The Bertz CT molecular complexity index is 619. The molecule has 0 atom stereocenters. The average Bonchev–Trinajstić information content (AvgIpc) is 2.48. The Labute approximate surface area is 120 Å². The van der Waals surface area contributed by atoms with Crippen molar-refractivity contribution in [2.75, 3.05) is 5.32 Å². The molecule has 0 saturated heterocycles. The molecule has 0 spiro atoms. The van der Waals surface area contributed by atoms with Gasteiger partial charge in [0.15, 0.2) is 5.15 Å². The summed E-state index contributed by atoms with van der Waals surface area (Å²) < 4.78 is 0. The highest BCUT2D eigenvalue weighted by Crippen LogP contribution is 2.16. The van der Waals surface area contributed by atoms with E-state index in [2.05, 4.69) is 20.6 Å². The summed E-state index contributed by atoms with van der Waals surface area (Å²) in [5.74, 6) is -1.58. The van der Waals surface area contributed by atoms with E-state index in [9.17, 15) is 9.59 Å². The van der Waals surface area contributed by atoms with Gasteiger partial charge in [0.05, 0.1) is 17.9 Å². The van der Waals surface area contributed by atoms with Gasteiger partial charge >= 0.3 is 11.8 Å². The van der Waals surface area contributed by atoms with Crippen molar-refractivity contribution in [2.24, 2.45) is 0 Å². The zero-order valence-corrected chi connectivity index (χ0v) is 11.1. The third kappa shape index (κ3) is 3.76. The molecule has 6 nitrogen and oxygen atoms in total. The van der Waals surface area contributed by atoms with Crippen LogP contribution in [-0.4, -0.2) is 21.8 Å². The average molecular weight is 291 g/mol. The summed E-state index contributed by atoms with van der Waals surface area (Å²) in [6.07, 6.45) is 3.09. The van der Waals surface area contributed by atoms with E-state index in [0.29, 0.717) is 5.69 Å². The zero-order chi connectivity index (χ0) is 14.4. The number of nitrogens with one attached hydrogen (secondary N) is 2. The van der Waals surface area contributed by atoms with Crippen LogP contribution in [0.3, 0.4) is 0 Å². The Morgan fingerprint density at radius 2 is 1.85 bits per heavy atom. The molecule has 102 valence electrons. The number of carbonyl (C=O) groups excluding carboxylic acids is 2. The van der Waals surface area contributed by atoms with Crippen LogP contribution in [0.4, 0.5) is 5.69 Å². The van der Waals surface area contributed by atoms with Crippen LogP contribution >= 0.6 is 11.6 Å². The maximum Gasteiger partial charge on any atom is 0.313 e. The Balaban J connectivity index is 1.90. The molecular weight excluding hydrogens is 280 g/mol. The predicted octanol–water partition coefficient (Wildman–Crippen LogP) is 1.38. The quantitative estimate of drug-likeness (QED) is 0.661. The minimum absolute atomic E-state index is 0.123. The Hall–Kier alpha value is -2.47. The van der Waals surface area contributed by atoms with E-state index in [0.717, 1.165) is 0 Å². The molecule has 0 aliphatic carbocycles. The van der Waals surface area contributed by atoms with Gasteiger partial charge in [-0.2, -0.15) is 0 Å². The first kappa shape index (κ1) is 14.0. The van der Waals surface area contributed by atoms with Gasteiger partial charge in [-0.05, 0) is 24.3 Å². The number of halogens is 1. The van der Waals surface area contributed by atoms with Crippen molar-refractivity contribution in [3.63, 3.8) is 0 Å². The molecule has 0 aliphatic rings. The molecule has 7 heteroatoms. The lowest BCUT2D eigenvalue weighted by atomic mass is 10.3. The third-order valence-electron chi connectivity index (χ3n) is 2.37. The summed E-state index contributed by atoms with van der Waals surface area (Å²) in [6, 6.07) is 8.47. The molecule has 0 radical (unpaired) electrons. The van der Waals surface area contributed by atoms with Crippen LogP contribution in [0.25, 0.3) is 0 Å². The molecule has 0 saturated carbocycles. The first-order valence-corrected chi connectivity index (χ1v) is 6.14. The summed E-state index contributed by atoms with van der Waals surface area (Å²) in [4.78, 5) is 31.1. The third-order valence-corrected chi connectivity index (χ3v) is 2.67. The summed E-state index contributed by atoms with van der Waals surface area (Å²) in [5.41, 5.74) is 0.945. The van der Waals surface area contributed by atoms with Gasteiger partial charge in [0, 0.05) is 12.4 Å². The molecule has 2 aromatic heterocycles. The molecule has 0 bridgehead atoms. The van der Waals surface area contributed by atoms with Gasteiger partial charge in [0.2, 0.25) is 0 Å². The van der Waals surface area contributed by atoms with Crippen molar-refractivity contribution >= 4 is 29.1 Å². The highest BCUT2D eigenvalue weighted by molar-refractivity contribution is 6.41. The number of aromatic nitrogens is 2. The summed E-state index contributed by atoms with van der Waals surface area (Å²) in [7, 11) is 0. The lowest BCUT2D eigenvalue weighted by molar-refractivity contribution is -0.136. The molecular formula is C13H11ClN4O2. The fraction of sp³-hybridized carbons (Fsp3) is 0.0769. The Morgan fingerprint density at radius 1 is 1.05 bits per heavy atom. The van der Waals surface area contributed by atoms with E-state index in [1.54, 1.807) is 36.5 Å². The summed E-state index contributed by atoms with van der Waals surface area (Å²) in [6.45, 7) is 0.174. The van der Waals surface area contributed by atoms with E-state index in [1.165, 1.54) is 6.20 Å². The highest BCUT2D eigenvalue weighted by atomic mass is 35.5. The second-order valence-electron chi connectivity index (χ2n) is 3.80. The smallest absolute Gasteiger partial charge is 0.313 e. The topological polar surface area (TPSA) is 84.0 Å². The van der Waals surface area contributed by atoms with Crippen LogP contribution in [0, 0.1) is 0 Å². The Morgan fingerprint density at radius 3 is 2.55 bits per heavy atom. The van der Waals surface area contributed by atoms with Crippen molar-refractivity contribution < 1.29 is 9.59 Å². The second-order valence-corrected chi connectivity index (χ2v) is 4.16. The van der Waals surface area contributed by atoms with Gasteiger partial charge in [-0.1, -0.05) is 17.7 Å². The van der Waals surface area contributed by atoms with Gasteiger partial charge in [0.1, 0.15) is 0 Å². The van der Waals surface area contributed by atoms with Gasteiger partial charge in [-0.3, -0.25) is 14.6 Å². The first-order valence-electron chi connectivity index (χ1n) is 5.76. The van der Waals surface area contributed by atoms with Crippen LogP contribution < -0.4 is 10.6 Å². The monoisotopic (exact) mass is 290 g/mol. The highest BCUT2D eigenvalue weighted by Gasteiger charge is 2.14. The molecule has 2 heterocycles. The SMILES string of the molecule is O=C(NCc1ccccn1)C(=O)Nc1cccnc1Cl. The van der Waals surface area contributed by atoms with Crippen molar-refractivity contribution in [3.8, 4) is 0 Å². The lowest BCUT2D eigenvalue weighted by Crippen LogP contribution is -2.35. The van der Waals surface area contributed by atoms with E-state index >= 15 is 0 Å². The molecule has 2 amide bonds. The van der Waals surface area contributed by atoms with Crippen LogP contribution in [0.15, 0.2) is 42.7 Å². The molecule has 20 heavy (non-hydrogen) atoms. The molecule has 0 aliphatic heterocycles. The van der Waals surface area contributed by atoms with Crippen LogP contribution in [-0.2, 0) is 16.1 Å². The van der Waals surface area contributed by atoms with Gasteiger partial charge in [-0.25, -0.2) is 4.98 Å². The van der Waals surface area contributed by atoms with E-state index < -0.39 is 11.8 Å². The first-order chi connectivity index (χ1) is 9.66. The maximum atomic E-state index is 11.7. The van der Waals surface area contributed by atoms with Crippen molar-refractivity contribution in [3.05, 3.63) is 53.6 Å². The molecule has 2 rings (SSSR count). The number of anilines is 1. The van der Waals surface area contributed by atoms with Crippen molar-refractivity contribution in [1.29, 1.82) is 0 Å². The summed E-state index contributed by atoms with van der Waals surface area (Å²) in [5, 5.41) is 4.97. The largest absolute Gasteiger partial charge is 0.342 e. The number of hydrogen-bond donors (Lipinski definition) is 2. The molecule has 0 unspecified atom stereocenters. The van der Waals surface area contributed by atoms with Crippen molar-refractivity contribution in [1.82, 2.24) is 15.3 Å². The number of carbonyl (C=O) groups is 2. The number of nitrogens with zero attached hydrogens (tertiary/aromatic N) is 2. The summed E-state index contributed by atoms with van der Waals surface area (Å²) >= 11 is 5.78. The number of pyridine rings is 2. The number of hydrogen-bond acceptors (Lipinski definition) is 4. The normalized spacial score (nSPS) is 9.85. The molecule has 0 aromatic carbocycles. The molecule has 2 aromatic rings. The van der Waals surface area contributed by atoms with Crippen LogP contribution in [0.2, 0.25) is 5.15 Å². The van der Waals surface area contributed by atoms with Gasteiger partial charge < -0.3 is 10.6 Å². The maximum absolute atomic E-state index is 11.7. The van der Waals surface area contributed by atoms with E-state index in [4.69, 9.17) is 11.6 Å². The van der Waals surface area contributed by atoms with E-state index in [1.807, 2.05) is 0 Å². The van der Waals surface area contributed by atoms with Crippen LogP contribution in [0.1, 0.15) is 5.69 Å². The molecule has 2 N–H and O–H groups in total. The Kier molecular flexibility index (Phi) is 4.62. The number of rotatable bonds is 3. The van der Waals surface area contributed by atoms with Gasteiger partial charge in [-0.15, -0.1) is 0 Å². The fourth-order valence-electron chi connectivity index (χ4n) is 1.41. The van der Waals surface area contributed by atoms with E-state index in [-0.39, 0.29) is 17.4 Å². The minimum atomic E-state index is -0.809. The molecule has 0 fully saturated rings. The van der Waals surface area contributed by atoms with Crippen molar-refractivity contribution in [2.45, 2.75) is 6.54 Å². The van der Waals surface area contributed by atoms with Gasteiger partial charge in [0.25, 0.3) is 0 Å². The lowest BCUT2D eigenvalue weighted by Gasteiger charge is -2.06. The minimum Gasteiger partial charge on any atom is -0.342 e.